The minimum absolute atomic E-state index is 0.678. The Hall–Kier alpha value is -5.74. The lowest BCUT2D eigenvalue weighted by Gasteiger charge is -2.12. The number of fused-ring (bicyclic) bond motifs is 12. The molecule has 0 radical (unpaired) electrons. The van der Waals surface area contributed by atoms with Gasteiger partial charge in [-0.25, -0.2) is 19.9 Å². The lowest BCUT2D eigenvalue weighted by atomic mass is 9.92. The Morgan fingerprint density at radius 3 is 1.60 bits per heavy atom. The molecule has 194 valence electrons. The number of benzene rings is 7. The van der Waals surface area contributed by atoms with Crippen LogP contribution in [-0.2, 0) is 0 Å². The van der Waals surface area contributed by atoms with Gasteiger partial charge in [0, 0.05) is 28.7 Å². The molecule has 0 aliphatic heterocycles. The summed E-state index contributed by atoms with van der Waals surface area (Å²) in [6, 6.07) is 41.0. The van der Waals surface area contributed by atoms with Crippen molar-refractivity contribution in [3.8, 4) is 22.5 Å². The first-order chi connectivity index (χ1) is 20.8. The van der Waals surface area contributed by atoms with E-state index in [0.717, 1.165) is 49.3 Å². The van der Waals surface area contributed by atoms with Crippen LogP contribution in [0.2, 0.25) is 0 Å². The molecule has 9 rings (SSSR count). The molecule has 0 amide bonds. The molecule has 0 spiro atoms. The molecule has 0 aliphatic carbocycles. The monoisotopic (exact) mass is 534 g/mol. The molecule has 0 saturated carbocycles. The van der Waals surface area contributed by atoms with Crippen molar-refractivity contribution in [3.63, 3.8) is 0 Å². The molecule has 9 aromatic rings. The fourth-order valence-corrected chi connectivity index (χ4v) is 6.49. The second-order valence-corrected chi connectivity index (χ2v) is 10.7. The summed E-state index contributed by atoms with van der Waals surface area (Å²) in [7, 11) is 0. The van der Waals surface area contributed by atoms with Crippen LogP contribution in [0.5, 0.6) is 0 Å². The molecule has 2 heterocycles. The average molecular weight is 535 g/mol. The molecule has 4 heteroatoms. The fraction of sp³-hybridized carbons (Fsp3) is 0. The molecule has 2 aromatic heterocycles. The second-order valence-electron chi connectivity index (χ2n) is 10.7. The standard InChI is InChI=1S/C38H22N4/c1-2-12-28-26(10-1)27-11-3-4-13-29(27)33-19-24(16-17-32(28)33)23-8-7-9-25(18-23)38-40-21-35-31-15-6-5-14-30(31)34-20-39-22-41-36(34)37(35)42-38/h1-22H. The van der Waals surface area contributed by atoms with Gasteiger partial charge in [-0.15, -0.1) is 0 Å². The molecule has 0 fully saturated rings. The van der Waals surface area contributed by atoms with E-state index >= 15 is 0 Å². The summed E-state index contributed by atoms with van der Waals surface area (Å²) >= 11 is 0. The van der Waals surface area contributed by atoms with Gasteiger partial charge in [-0.3, -0.25) is 0 Å². The summed E-state index contributed by atoms with van der Waals surface area (Å²) in [5.74, 6) is 0.678. The molecule has 42 heavy (non-hydrogen) atoms. The maximum Gasteiger partial charge on any atom is 0.159 e. The molecular formula is C38H22N4. The van der Waals surface area contributed by atoms with Gasteiger partial charge < -0.3 is 0 Å². The molecule has 4 nitrogen and oxygen atoms in total. The van der Waals surface area contributed by atoms with E-state index in [1.54, 1.807) is 6.33 Å². The third-order valence-corrected chi connectivity index (χ3v) is 8.43. The van der Waals surface area contributed by atoms with E-state index in [1.165, 1.54) is 32.3 Å². The maximum absolute atomic E-state index is 5.08. The Morgan fingerprint density at radius 1 is 0.357 bits per heavy atom. The predicted octanol–water partition coefficient (Wildman–Crippen LogP) is 9.52. The molecule has 0 N–H and O–H groups in total. The first-order valence-electron chi connectivity index (χ1n) is 14.0. The van der Waals surface area contributed by atoms with Crippen LogP contribution in [0.1, 0.15) is 0 Å². The highest BCUT2D eigenvalue weighted by atomic mass is 14.9. The minimum atomic E-state index is 0.678. The average Bonchev–Trinajstić information content (AvgIpc) is 3.08. The van der Waals surface area contributed by atoms with Crippen LogP contribution in [0.15, 0.2) is 134 Å². The molecule has 7 aromatic carbocycles. The Labute approximate surface area is 241 Å². The van der Waals surface area contributed by atoms with Crippen LogP contribution in [0.4, 0.5) is 0 Å². The van der Waals surface area contributed by atoms with Crippen LogP contribution in [0.25, 0.3) is 87.4 Å². The maximum atomic E-state index is 5.08. The zero-order valence-corrected chi connectivity index (χ0v) is 22.5. The smallest absolute Gasteiger partial charge is 0.159 e. The Kier molecular flexibility index (Phi) is 4.87. The van der Waals surface area contributed by atoms with Crippen LogP contribution in [0.3, 0.4) is 0 Å². The quantitative estimate of drug-likeness (QED) is 0.207. The van der Waals surface area contributed by atoms with Crippen molar-refractivity contribution in [2.24, 2.45) is 0 Å². The van der Waals surface area contributed by atoms with Gasteiger partial charge in [0.1, 0.15) is 17.4 Å². The van der Waals surface area contributed by atoms with Gasteiger partial charge in [0.15, 0.2) is 5.82 Å². The summed E-state index contributed by atoms with van der Waals surface area (Å²) in [4.78, 5) is 18.9. The topological polar surface area (TPSA) is 51.6 Å². The van der Waals surface area contributed by atoms with Crippen LogP contribution in [0, 0.1) is 0 Å². The van der Waals surface area contributed by atoms with Gasteiger partial charge in [-0.1, -0.05) is 103 Å². The summed E-state index contributed by atoms with van der Waals surface area (Å²) in [6.07, 6.45) is 5.40. The highest BCUT2D eigenvalue weighted by molar-refractivity contribution is 6.26. The number of nitrogens with zero attached hydrogens (tertiary/aromatic N) is 4. The van der Waals surface area contributed by atoms with Crippen LogP contribution in [-0.4, -0.2) is 19.9 Å². The van der Waals surface area contributed by atoms with Gasteiger partial charge >= 0.3 is 0 Å². The third-order valence-electron chi connectivity index (χ3n) is 8.43. The second kappa shape index (κ2) is 8.88. The predicted molar refractivity (Wildman–Crippen MR) is 174 cm³/mol. The van der Waals surface area contributed by atoms with Crippen molar-refractivity contribution >= 4 is 64.9 Å². The third kappa shape index (κ3) is 3.36. The normalized spacial score (nSPS) is 11.8. The summed E-state index contributed by atoms with van der Waals surface area (Å²) in [5, 5.41) is 11.8. The lowest BCUT2D eigenvalue weighted by Crippen LogP contribution is -1.94. The Morgan fingerprint density at radius 2 is 0.905 bits per heavy atom. The van der Waals surface area contributed by atoms with Gasteiger partial charge in [-0.2, -0.15) is 0 Å². The molecule has 0 atom stereocenters. The highest BCUT2D eigenvalue weighted by Crippen LogP contribution is 2.38. The number of rotatable bonds is 2. The zero-order chi connectivity index (χ0) is 27.6. The summed E-state index contributed by atoms with van der Waals surface area (Å²) in [6.45, 7) is 0. The van der Waals surface area contributed by atoms with Gasteiger partial charge in [0.25, 0.3) is 0 Å². The van der Waals surface area contributed by atoms with E-state index in [0.29, 0.717) is 5.82 Å². The summed E-state index contributed by atoms with van der Waals surface area (Å²) in [5.41, 5.74) is 4.93. The van der Waals surface area contributed by atoms with E-state index in [1.807, 2.05) is 24.5 Å². The van der Waals surface area contributed by atoms with Crippen molar-refractivity contribution in [2.45, 2.75) is 0 Å². The van der Waals surface area contributed by atoms with Crippen molar-refractivity contribution in [1.82, 2.24) is 19.9 Å². The van der Waals surface area contributed by atoms with E-state index < -0.39 is 0 Å². The van der Waals surface area contributed by atoms with Crippen molar-refractivity contribution < 1.29 is 0 Å². The Bertz CT molecular complexity index is 2290. The van der Waals surface area contributed by atoms with E-state index in [4.69, 9.17) is 9.97 Å². The zero-order valence-electron chi connectivity index (χ0n) is 22.5. The summed E-state index contributed by atoms with van der Waals surface area (Å²) < 4.78 is 0. The molecule has 0 unspecified atom stereocenters. The number of aromatic nitrogens is 4. The van der Waals surface area contributed by atoms with E-state index in [-0.39, 0.29) is 0 Å². The molecule has 0 aliphatic rings. The van der Waals surface area contributed by atoms with Crippen molar-refractivity contribution in [2.75, 3.05) is 0 Å². The van der Waals surface area contributed by atoms with Gasteiger partial charge in [0.05, 0.1) is 0 Å². The van der Waals surface area contributed by atoms with Gasteiger partial charge in [0.2, 0.25) is 0 Å². The fourth-order valence-electron chi connectivity index (χ4n) is 6.49. The van der Waals surface area contributed by atoms with Crippen molar-refractivity contribution in [3.05, 3.63) is 134 Å². The lowest BCUT2D eigenvalue weighted by molar-refractivity contribution is 1.21. The van der Waals surface area contributed by atoms with Crippen molar-refractivity contribution in [1.29, 1.82) is 0 Å². The SMILES string of the molecule is c1cc(-c2ccc3c4ccccc4c4ccccc4c3c2)cc(-c2ncc3c4ccccc4c4cncnc4c3n2)c1. The van der Waals surface area contributed by atoms with E-state index in [2.05, 4.69) is 113 Å². The first-order valence-corrected chi connectivity index (χ1v) is 14.0. The molecular weight excluding hydrogens is 512 g/mol. The Balaban J connectivity index is 1.23. The largest absolute Gasteiger partial charge is 0.244 e. The molecule has 0 saturated heterocycles. The van der Waals surface area contributed by atoms with E-state index in [9.17, 15) is 0 Å². The molecule has 0 bridgehead atoms. The van der Waals surface area contributed by atoms with Crippen LogP contribution >= 0.6 is 0 Å². The van der Waals surface area contributed by atoms with Crippen LogP contribution < -0.4 is 0 Å². The number of hydrogen-bond donors (Lipinski definition) is 0. The highest BCUT2D eigenvalue weighted by Gasteiger charge is 2.14. The minimum Gasteiger partial charge on any atom is -0.244 e. The first kappa shape index (κ1) is 23.0. The number of hydrogen-bond acceptors (Lipinski definition) is 4. The van der Waals surface area contributed by atoms with Gasteiger partial charge in [-0.05, 0) is 66.3 Å².